The van der Waals surface area contributed by atoms with Crippen molar-refractivity contribution in [1.82, 2.24) is 25.1 Å². The second kappa shape index (κ2) is 9.98. The third kappa shape index (κ3) is 6.33. The molecule has 3 aromatic rings. The van der Waals surface area contributed by atoms with Gasteiger partial charge in [0.05, 0.1) is 18.0 Å². The summed E-state index contributed by atoms with van der Waals surface area (Å²) in [7, 11) is 0. The van der Waals surface area contributed by atoms with Gasteiger partial charge in [-0.3, -0.25) is 14.9 Å². The van der Waals surface area contributed by atoms with Crippen molar-refractivity contribution < 1.29 is 22.9 Å². The number of hydrogen-bond donors (Lipinski definition) is 0. The smallest absolute Gasteiger partial charge is 0.329 e. The molecule has 12 heteroatoms. The van der Waals surface area contributed by atoms with Gasteiger partial charge in [0, 0.05) is 23.6 Å². The van der Waals surface area contributed by atoms with Gasteiger partial charge in [0.1, 0.15) is 6.54 Å². The van der Waals surface area contributed by atoms with Gasteiger partial charge in [-0.05, 0) is 11.6 Å². The normalized spacial score (nSPS) is 11.3. The molecule has 0 aliphatic rings. The molecule has 0 fully saturated rings. The highest BCUT2D eigenvalue weighted by atomic mass is 19.4. The first-order chi connectivity index (χ1) is 15.2. The summed E-state index contributed by atoms with van der Waals surface area (Å²) in [5.74, 6) is -0.379. The predicted molar refractivity (Wildman–Crippen MR) is 107 cm³/mol. The van der Waals surface area contributed by atoms with E-state index < -0.39 is 30.1 Å². The van der Waals surface area contributed by atoms with E-state index in [1.807, 2.05) is 30.3 Å². The second-order valence-corrected chi connectivity index (χ2v) is 6.93. The van der Waals surface area contributed by atoms with E-state index in [4.69, 9.17) is 0 Å². The summed E-state index contributed by atoms with van der Waals surface area (Å²) in [6.45, 7) is -1.84. The van der Waals surface area contributed by atoms with Gasteiger partial charge in [-0.1, -0.05) is 48.5 Å². The minimum Gasteiger partial charge on any atom is -0.329 e. The van der Waals surface area contributed by atoms with Crippen molar-refractivity contribution in [3.8, 4) is 11.4 Å². The second-order valence-electron chi connectivity index (χ2n) is 6.93. The molecule has 1 heterocycles. The highest BCUT2D eigenvalue weighted by Gasteiger charge is 2.33. The van der Waals surface area contributed by atoms with E-state index in [-0.39, 0.29) is 30.6 Å². The molecule has 0 atom stereocenters. The molecule has 3 rings (SSSR count). The Morgan fingerprint density at radius 2 is 1.78 bits per heavy atom. The van der Waals surface area contributed by atoms with E-state index in [1.54, 1.807) is 0 Å². The molecule has 2 aromatic carbocycles. The number of carbonyl (C=O) groups excluding carboxylic acids is 1. The fourth-order valence-electron chi connectivity index (χ4n) is 3.05. The third-order valence-electron chi connectivity index (χ3n) is 4.51. The number of hydrogen-bond acceptors (Lipinski definition) is 6. The van der Waals surface area contributed by atoms with Crippen molar-refractivity contribution in [2.45, 2.75) is 32.1 Å². The van der Waals surface area contributed by atoms with Gasteiger partial charge in [-0.15, -0.1) is 10.2 Å². The van der Waals surface area contributed by atoms with Crippen LogP contribution >= 0.6 is 0 Å². The summed E-state index contributed by atoms with van der Waals surface area (Å²) in [6, 6.07) is 14.5. The first-order valence-electron chi connectivity index (χ1n) is 9.63. The summed E-state index contributed by atoms with van der Waals surface area (Å²) in [4.78, 5) is 24.8. The molecule has 0 spiro atoms. The monoisotopic (exact) mass is 448 g/mol. The number of halogens is 3. The summed E-state index contributed by atoms with van der Waals surface area (Å²) >= 11 is 0. The molecule has 9 nitrogen and oxygen atoms in total. The molecule has 0 saturated carbocycles. The molecule has 1 amide bonds. The molecule has 0 unspecified atom stereocenters. The molecule has 1 aromatic heterocycles. The number of aromatic nitrogens is 4. The van der Waals surface area contributed by atoms with Crippen LogP contribution in [0.5, 0.6) is 0 Å². The van der Waals surface area contributed by atoms with Crippen LogP contribution in [-0.2, 0) is 17.9 Å². The van der Waals surface area contributed by atoms with Crippen molar-refractivity contribution in [1.29, 1.82) is 0 Å². The Hall–Kier alpha value is -3.83. The van der Waals surface area contributed by atoms with Gasteiger partial charge >= 0.3 is 6.18 Å². The quantitative estimate of drug-likeness (QED) is 0.366. The van der Waals surface area contributed by atoms with Crippen molar-refractivity contribution in [2.75, 3.05) is 6.54 Å². The molecular formula is C20H19F3N6O3. The molecule has 32 heavy (non-hydrogen) atoms. The maximum Gasteiger partial charge on any atom is 0.406 e. The van der Waals surface area contributed by atoms with Crippen LogP contribution in [-0.4, -0.2) is 48.7 Å². The number of nitro benzene ring substituents is 1. The molecule has 0 aliphatic carbocycles. The Balaban J connectivity index is 1.63. The first-order valence-corrected chi connectivity index (χ1v) is 9.63. The zero-order chi connectivity index (χ0) is 23.1. The fraction of sp³-hybridized carbons (Fsp3) is 0.300. The lowest BCUT2D eigenvalue weighted by Crippen LogP contribution is -2.38. The Labute approximate surface area is 180 Å². The van der Waals surface area contributed by atoms with Crippen molar-refractivity contribution >= 4 is 11.6 Å². The number of aryl methyl sites for hydroxylation is 1. The van der Waals surface area contributed by atoms with E-state index in [0.29, 0.717) is 10.7 Å². The van der Waals surface area contributed by atoms with Gasteiger partial charge in [-0.25, -0.2) is 0 Å². The van der Waals surface area contributed by atoms with Crippen LogP contribution in [0, 0.1) is 10.1 Å². The average molecular weight is 448 g/mol. The number of benzene rings is 2. The fourth-order valence-corrected chi connectivity index (χ4v) is 3.05. The Bertz CT molecular complexity index is 1070. The molecule has 0 N–H and O–H groups in total. The summed E-state index contributed by atoms with van der Waals surface area (Å²) in [5.41, 5.74) is 0.448. The van der Waals surface area contributed by atoms with Crippen LogP contribution < -0.4 is 0 Å². The number of nitrogens with zero attached hydrogens (tertiary/aromatic N) is 6. The lowest BCUT2D eigenvalue weighted by atomic mass is 10.1. The third-order valence-corrected chi connectivity index (χ3v) is 4.51. The number of alkyl halides is 3. The van der Waals surface area contributed by atoms with Gasteiger partial charge in [-0.2, -0.15) is 18.0 Å². The van der Waals surface area contributed by atoms with Crippen LogP contribution in [0.4, 0.5) is 18.9 Å². The SMILES string of the molecule is O=C(CCCn1nnc(-c2ccccc2)n1)N(Cc1ccccc1[N+](=O)[O-])CC(F)(F)F. The van der Waals surface area contributed by atoms with Crippen molar-refractivity contribution in [3.05, 3.63) is 70.3 Å². The molecular weight excluding hydrogens is 429 g/mol. The topological polar surface area (TPSA) is 107 Å². The van der Waals surface area contributed by atoms with E-state index in [9.17, 15) is 28.1 Å². The van der Waals surface area contributed by atoms with Crippen LogP contribution in [0.25, 0.3) is 11.4 Å². The Kier molecular flexibility index (Phi) is 7.13. The first kappa shape index (κ1) is 22.8. The van der Waals surface area contributed by atoms with Gasteiger partial charge < -0.3 is 4.90 Å². The van der Waals surface area contributed by atoms with Crippen molar-refractivity contribution in [2.24, 2.45) is 0 Å². The minimum absolute atomic E-state index is 0.0283. The lowest BCUT2D eigenvalue weighted by molar-refractivity contribution is -0.385. The van der Waals surface area contributed by atoms with E-state index in [2.05, 4.69) is 15.4 Å². The van der Waals surface area contributed by atoms with Gasteiger partial charge in [0.2, 0.25) is 11.7 Å². The van der Waals surface area contributed by atoms with Crippen LogP contribution in [0.3, 0.4) is 0 Å². The summed E-state index contributed by atoms with van der Waals surface area (Å²) in [6.07, 6.45) is -4.68. The van der Waals surface area contributed by atoms with E-state index in [0.717, 1.165) is 5.56 Å². The largest absolute Gasteiger partial charge is 0.406 e. The minimum atomic E-state index is -4.64. The van der Waals surface area contributed by atoms with Crippen molar-refractivity contribution in [3.63, 3.8) is 0 Å². The number of amides is 1. The lowest BCUT2D eigenvalue weighted by Gasteiger charge is -2.24. The number of tetrazole rings is 1. The Morgan fingerprint density at radius 1 is 1.09 bits per heavy atom. The predicted octanol–water partition coefficient (Wildman–Crippen LogP) is 3.62. The number of para-hydroxylation sites is 1. The number of nitro groups is 1. The van der Waals surface area contributed by atoms with Crippen LogP contribution in [0.1, 0.15) is 18.4 Å². The van der Waals surface area contributed by atoms with Gasteiger partial charge in [0.25, 0.3) is 5.69 Å². The highest BCUT2D eigenvalue weighted by Crippen LogP contribution is 2.23. The van der Waals surface area contributed by atoms with E-state index >= 15 is 0 Å². The standard InChI is InChI=1S/C20H19F3N6O3/c21-20(22,23)14-27(13-16-9-4-5-10-17(16)29(31)32)18(30)11-6-12-28-25-19(24-26-28)15-7-2-1-3-8-15/h1-5,7-10H,6,11-14H2. The summed E-state index contributed by atoms with van der Waals surface area (Å²) in [5, 5.41) is 23.2. The average Bonchev–Trinajstić information content (AvgIpc) is 3.22. The Morgan fingerprint density at radius 3 is 2.47 bits per heavy atom. The number of carbonyl (C=O) groups is 1. The van der Waals surface area contributed by atoms with Gasteiger partial charge in [0.15, 0.2) is 0 Å². The zero-order valence-electron chi connectivity index (χ0n) is 16.8. The van der Waals surface area contributed by atoms with Crippen LogP contribution in [0.15, 0.2) is 54.6 Å². The zero-order valence-corrected chi connectivity index (χ0v) is 16.8. The number of rotatable bonds is 9. The molecule has 0 saturated heterocycles. The molecule has 0 bridgehead atoms. The molecule has 0 aliphatic heterocycles. The summed E-state index contributed by atoms with van der Waals surface area (Å²) < 4.78 is 39.1. The molecule has 0 radical (unpaired) electrons. The maximum atomic E-state index is 13.0. The highest BCUT2D eigenvalue weighted by molar-refractivity contribution is 5.76. The molecule has 168 valence electrons. The van der Waals surface area contributed by atoms with E-state index in [1.165, 1.54) is 29.1 Å². The van der Waals surface area contributed by atoms with Crippen LogP contribution in [0.2, 0.25) is 0 Å². The maximum absolute atomic E-state index is 13.0.